The Morgan fingerprint density at radius 3 is 2.88 bits per heavy atom. The third-order valence-corrected chi connectivity index (χ3v) is 5.26. The molecule has 0 aromatic carbocycles. The predicted molar refractivity (Wildman–Crippen MR) is 93.9 cm³/mol. The molecule has 2 saturated heterocycles. The van der Waals surface area contributed by atoms with Gasteiger partial charge in [0.05, 0.1) is 24.7 Å². The average molecular weight is 340 g/mol. The summed E-state index contributed by atoms with van der Waals surface area (Å²) in [5.41, 5.74) is 0. The highest BCUT2D eigenvalue weighted by Gasteiger charge is 2.35. The smallest absolute Gasteiger partial charge is 0.227 e. The largest absolute Gasteiger partial charge is 0.355 e. The van der Waals surface area contributed by atoms with Crippen molar-refractivity contribution < 1.29 is 4.79 Å². The van der Waals surface area contributed by atoms with Gasteiger partial charge in [0.1, 0.15) is 5.82 Å². The Morgan fingerprint density at radius 2 is 2.08 bits per heavy atom. The quantitative estimate of drug-likeness (QED) is 0.845. The van der Waals surface area contributed by atoms with Crippen LogP contribution in [0.5, 0.6) is 0 Å². The Balaban J connectivity index is 1.42. The van der Waals surface area contributed by atoms with Gasteiger partial charge in [-0.1, -0.05) is 0 Å². The normalized spacial score (nSPS) is 23.8. The van der Waals surface area contributed by atoms with Crippen molar-refractivity contribution in [1.82, 2.24) is 24.6 Å². The summed E-state index contributed by atoms with van der Waals surface area (Å²) < 4.78 is 1.93. The molecular weight excluding hydrogens is 316 g/mol. The van der Waals surface area contributed by atoms with Gasteiger partial charge in [-0.15, -0.1) is 0 Å². The van der Waals surface area contributed by atoms with Crippen molar-refractivity contribution in [2.45, 2.75) is 38.3 Å². The first-order chi connectivity index (χ1) is 12.3. The molecule has 7 nitrogen and oxygen atoms in total. The van der Waals surface area contributed by atoms with Crippen LogP contribution in [0.1, 0.15) is 25.7 Å². The van der Waals surface area contributed by atoms with Gasteiger partial charge in [0.25, 0.3) is 0 Å². The SMILES string of the molecule is O=C([C@@H]1CCCN(c2cnccn2)C1)N1CCC[C@@H]1Cn1cccn1. The fourth-order valence-electron chi connectivity index (χ4n) is 4.02. The number of aromatic nitrogens is 4. The topological polar surface area (TPSA) is 67.2 Å². The molecule has 1 amide bonds. The summed E-state index contributed by atoms with van der Waals surface area (Å²) in [5, 5.41) is 4.29. The molecule has 2 aromatic heterocycles. The number of nitrogens with zero attached hydrogens (tertiary/aromatic N) is 6. The van der Waals surface area contributed by atoms with E-state index >= 15 is 0 Å². The third kappa shape index (κ3) is 3.50. The summed E-state index contributed by atoms with van der Waals surface area (Å²) in [6.07, 6.45) is 13.1. The van der Waals surface area contributed by atoms with Crippen LogP contribution in [0.3, 0.4) is 0 Å². The van der Waals surface area contributed by atoms with Crippen molar-refractivity contribution in [3.8, 4) is 0 Å². The Morgan fingerprint density at radius 1 is 1.16 bits per heavy atom. The molecule has 0 N–H and O–H groups in total. The van der Waals surface area contributed by atoms with E-state index in [4.69, 9.17) is 0 Å². The Hall–Kier alpha value is -2.44. The fraction of sp³-hybridized carbons (Fsp3) is 0.556. The maximum atomic E-state index is 13.1. The maximum Gasteiger partial charge on any atom is 0.227 e. The van der Waals surface area contributed by atoms with Crippen LogP contribution in [0.15, 0.2) is 37.1 Å². The van der Waals surface area contributed by atoms with E-state index in [9.17, 15) is 4.79 Å². The lowest BCUT2D eigenvalue weighted by atomic mass is 9.96. The summed E-state index contributed by atoms with van der Waals surface area (Å²) in [5.74, 6) is 1.21. The van der Waals surface area contributed by atoms with Gasteiger partial charge >= 0.3 is 0 Å². The Labute approximate surface area is 147 Å². The van der Waals surface area contributed by atoms with E-state index in [2.05, 4.69) is 24.9 Å². The molecule has 0 bridgehead atoms. The summed E-state index contributed by atoms with van der Waals surface area (Å²) in [7, 11) is 0. The van der Waals surface area contributed by atoms with Crippen LogP contribution < -0.4 is 4.90 Å². The molecule has 0 aliphatic carbocycles. The molecule has 4 rings (SSSR count). The van der Waals surface area contributed by atoms with Crippen LogP contribution in [-0.4, -0.2) is 56.2 Å². The van der Waals surface area contributed by atoms with E-state index in [1.54, 1.807) is 24.8 Å². The van der Waals surface area contributed by atoms with Gasteiger partial charge in [0.2, 0.25) is 5.91 Å². The van der Waals surface area contributed by atoms with Crippen molar-refractivity contribution in [3.63, 3.8) is 0 Å². The highest BCUT2D eigenvalue weighted by Crippen LogP contribution is 2.27. The first-order valence-corrected chi connectivity index (χ1v) is 9.10. The monoisotopic (exact) mass is 340 g/mol. The lowest BCUT2D eigenvalue weighted by Gasteiger charge is -2.36. The molecule has 0 saturated carbocycles. The number of carbonyl (C=O) groups is 1. The summed E-state index contributed by atoms with van der Waals surface area (Å²) >= 11 is 0. The second-order valence-electron chi connectivity index (χ2n) is 6.90. The lowest BCUT2D eigenvalue weighted by molar-refractivity contribution is -0.136. The number of hydrogen-bond acceptors (Lipinski definition) is 5. The minimum absolute atomic E-state index is 0.0500. The molecule has 2 fully saturated rings. The zero-order chi connectivity index (χ0) is 17.1. The molecule has 7 heteroatoms. The fourth-order valence-corrected chi connectivity index (χ4v) is 4.02. The zero-order valence-electron chi connectivity index (χ0n) is 14.4. The van der Waals surface area contributed by atoms with Crippen LogP contribution in [0, 0.1) is 5.92 Å². The van der Waals surface area contributed by atoms with Crippen molar-refractivity contribution in [3.05, 3.63) is 37.1 Å². The van der Waals surface area contributed by atoms with Gasteiger partial charge < -0.3 is 9.80 Å². The Bertz CT molecular complexity index is 689. The minimum atomic E-state index is 0.0500. The van der Waals surface area contributed by atoms with Gasteiger partial charge in [0, 0.05) is 44.4 Å². The van der Waals surface area contributed by atoms with Crippen molar-refractivity contribution in [2.24, 2.45) is 5.92 Å². The van der Waals surface area contributed by atoms with Crippen LogP contribution in [-0.2, 0) is 11.3 Å². The first kappa shape index (κ1) is 16.1. The number of amides is 1. The number of piperidine rings is 1. The Kier molecular flexibility index (Phi) is 4.63. The van der Waals surface area contributed by atoms with E-state index < -0.39 is 0 Å². The second kappa shape index (κ2) is 7.21. The summed E-state index contributed by atoms with van der Waals surface area (Å²) in [4.78, 5) is 26.0. The van der Waals surface area contributed by atoms with E-state index in [1.165, 1.54) is 0 Å². The number of likely N-dealkylation sites (tertiary alicyclic amines) is 1. The number of anilines is 1. The van der Waals surface area contributed by atoms with Gasteiger partial charge in [0.15, 0.2) is 0 Å². The first-order valence-electron chi connectivity index (χ1n) is 9.10. The average Bonchev–Trinajstić information content (AvgIpc) is 3.34. The molecule has 25 heavy (non-hydrogen) atoms. The van der Waals surface area contributed by atoms with E-state index in [0.29, 0.717) is 5.91 Å². The van der Waals surface area contributed by atoms with E-state index in [0.717, 1.165) is 57.7 Å². The standard InChI is InChI=1S/C18H24N6O/c25-18(24-11-2-5-16(24)14-23-10-3-6-21-23)15-4-1-9-22(13-15)17-12-19-7-8-20-17/h3,6-8,10,12,15-16H,1-2,4-5,9,11,13-14H2/t15-,16-/m1/s1. The molecule has 2 aromatic rings. The van der Waals surface area contributed by atoms with Crippen LogP contribution in [0.25, 0.3) is 0 Å². The molecule has 2 aliphatic heterocycles. The zero-order valence-corrected chi connectivity index (χ0v) is 14.4. The van der Waals surface area contributed by atoms with Gasteiger partial charge in [-0.05, 0) is 31.7 Å². The summed E-state index contributed by atoms with van der Waals surface area (Å²) in [6.45, 7) is 3.34. The molecule has 2 aliphatic rings. The molecule has 0 spiro atoms. The number of hydrogen-bond donors (Lipinski definition) is 0. The third-order valence-electron chi connectivity index (χ3n) is 5.26. The van der Waals surface area contributed by atoms with E-state index in [-0.39, 0.29) is 12.0 Å². The highest BCUT2D eigenvalue weighted by molar-refractivity contribution is 5.80. The van der Waals surface area contributed by atoms with Crippen molar-refractivity contribution in [1.29, 1.82) is 0 Å². The van der Waals surface area contributed by atoms with Gasteiger partial charge in [-0.2, -0.15) is 5.10 Å². The van der Waals surface area contributed by atoms with Crippen LogP contribution in [0.2, 0.25) is 0 Å². The maximum absolute atomic E-state index is 13.1. The molecule has 132 valence electrons. The number of rotatable bonds is 4. The van der Waals surface area contributed by atoms with Crippen molar-refractivity contribution in [2.75, 3.05) is 24.5 Å². The van der Waals surface area contributed by atoms with Gasteiger partial charge in [-0.25, -0.2) is 4.98 Å². The van der Waals surface area contributed by atoms with Gasteiger partial charge in [-0.3, -0.25) is 14.5 Å². The minimum Gasteiger partial charge on any atom is -0.355 e. The molecule has 0 unspecified atom stereocenters. The molecular formula is C18H24N6O. The molecule has 4 heterocycles. The number of carbonyl (C=O) groups excluding carboxylic acids is 1. The van der Waals surface area contributed by atoms with E-state index in [1.807, 2.05) is 16.9 Å². The predicted octanol–water partition coefficient (Wildman–Crippen LogP) is 1.58. The molecule has 2 atom stereocenters. The van der Waals surface area contributed by atoms with Crippen molar-refractivity contribution >= 4 is 11.7 Å². The second-order valence-corrected chi connectivity index (χ2v) is 6.90. The molecule has 0 radical (unpaired) electrons. The van der Waals surface area contributed by atoms with Crippen LogP contribution in [0.4, 0.5) is 5.82 Å². The van der Waals surface area contributed by atoms with Crippen LogP contribution >= 0.6 is 0 Å². The lowest BCUT2D eigenvalue weighted by Crippen LogP contribution is -2.47. The summed E-state index contributed by atoms with van der Waals surface area (Å²) in [6, 6.07) is 2.19. The highest BCUT2D eigenvalue weighted by atomic mass is 16.2.